The predicted octanol–water partition coefficient (Wildman–Crippen LogP) is 7.05. The van der Waals surface area contributed by atoms with Crippen molar-refractivity contribution in [2.45, 2.75) is 51.1 Å². The number of aryl methyl sites for hydroxylation is 1. The van der Waals surface area contributed by atoms with Gasteiger partial charge >= 0.3 is 18.4 Å². The van der Waals surface area contributed by atoms with Crippen LogP contribution in [-0.4, -0.2) is 54.0 Å². The van der Waals surface area contributed by atoms with Crippen LogP contribution in [0.1, 0.15) is 59.7 Å². The van der Waals surface area contributed by atoms with Crippen molar-refractivity contribution in [2.75, 3.05) is 33.2 Å². The van der Waals surface area contributed by atoms with Crippen LogP contribution in [0.25, 0.3) is 0 Å². The monoisotopic (exact) mass is 545 g/mol. The van der Waals surface area contributed by atoms with Crippen LogP contribution in [0.2, 0.25) is 0 Å². The lowest BCUT2D eigenvalue weighted by molar-refractivity contribution is -0.143. The van der Waals surface area contributed by atoms with Gasteiger partial charge in [-0.3, -0.25) is 0 Å². The highest BCUT2D eigenvalue weighted by Crippen LogP contribution is 2.42. The molecular formula is C27H30F7N3O. The van der Waals surface area contributed by atoms with Crippen LogP contribution in [0.15, 0.2) is 36.4 Å². The van der Waals surface area contributed by atoms with E-state index in [-0.39, 0.29) is 17.5 Å². The Morgan fingerprint density at radius 1 is 1.00 bits per heavy atom. The third kappa shape index (κ3) is 5.77. The van der Waals surface area contributed by atoms with Crippen LogP contribution in [0.3, 0.4) is 0 Å². The number of benzene rings is 2. The topological polar surface area (TPSA) is 26.8 Å². The van der Waals surface area contributed by atoms with E-state index in [0.29, 0.717) is 30.7 Å². The Morgan fingerprint density at radius 3 is 2.11 bits per heavy atom. The molecule has 0 N–H and O–H groups in total. The van der Waals surface area contributed by atoms with Gasteiger partial charge in [0, 0.05) is 20.1 Å². The molecule has 0 unspecified atom stereocenters. The number of halogens is 7. The fraction of sp³-hybridized carbons (Fsp3) is 0.519. The summed E-state index contributed by atoms with van der Waals surface area (Å²) in [4.78, 5) is 18.8. The molecule has 2 fully saturated rings. The smallest absolute Gasteiger partial charge is 0.321 e. The molecule has 38 heavy (non-hydrogen) atoms. The minimum Gasteiger partial charge on any atom is -0.321 e. The minimum absolute atomic E-state index is 0.0532. The van der Waals surface area contributed by atoms with Crippen LogP contribution < -0.4 is 0 Å². The largest absolute Gasteiger partial charge is 0.416 e. The van der Waals surface area contributed by atoms with Crippen LogP contribution in [0.4, 0.5) is 35.5 Å². The molecule has 2 saturated heterocycles. The molecule has 0 bridgehead atoms. The van der Waals surface area contributed by atoms with E-state index >= 15 is 0 Å². The molecular weight excluding hydrogens is 515 g/mol. The molecule has 0 radical (unpaired) electrons. The molecule has 2 amide bonds. The maximum absolute atomic E-state index is 13.9. The van der Waals surface area contributed by atoms with E-state index in [1.807, 2.05) is 0 Å². The van der Waals surface area contributed by atoms with Gasteiger partial charge in [-0.05, 0) is 92.7 Å². The Labute approximate surface area is 217 Å². The van der Waals surface area contributed by atoms with E-state index in [4.69, 9.17) is 0 Å². The van der Waals surface area contributed by atoms with Crippen molar-refractivity contribution in [1.82, 2.24) is 14.7 Å². The van der Waals surface area contributed by atoms with Gasteiger partial charge in [-0.15, -0.1) is 0 Å². The molecule has 2 heterocycles. The Morgan fingerprint density at radius 2 is 1.61 bits per heavy atom. The molecule has 4 nitrogen and oxygen atoms in total. The maximum atomic E-state index is 13.9. The summed E-state index contributed by atoms with van der Waals surface area (Å²) in [6, 6.07) is 3.78. The molecule has 0 spiro atoms. The first-order valence-corrected chi connectivity index (χ1v) is 12.5. The Hall–Kier alpha value is -2.82. The van der Waals surface area contributed by atoms with Gasteiger partial charge in [0.05, 0.1) is 23.2 Å². The van der Waals surface area contributed by atoms with Crippen molar-refractivity contribution in [1.29, 1.82) is 0 Å². The van der Waals surface area contributed by atoms with Crippen LogP contribution >= 0.6 is 0 Å². The number of amides is 2. The quantitative estimate of drug-likeness (QED) is 0.377. The molecule has 0 aromatic heterocycles. The average Bonchev–Trinajstić information content (AvgIpc) is 3.22. The Balaban J connectivity index is 1.65. The summed E-state index contributed by atoms with van der Waals surface area (Å²) in [5.41, 5.74) is -1.67. The lowest BCUT2D eigenvalue weighted by Gasteiger charge is -2.38. The standard InChI is InChI=1S/C27H30F7N3O/c1-16-11-22(28)5-6-23(16)24-18(15-36-8-4-9-36)7-10-37(24)25(38)35(3)17(2)19-12-20(26(29,30)31)14-21(13-19)27(32,33)34/h5-6,11-14,17-18,24H,4,7-10,15H2,1-3H3/t17-,18+,24-/m0/s1. The number of carbonyl (C=O) groups is 1. The average molecular weight is 546 g/mol. The highest BCUT2D eigenvalue weighted by molar-refractivity contribution is 5.76. The zero-order valence-corrected chi connectivity index (χ0v) is 21.3. The lowest BCUT2D eigenvalue weighted by atomic mass is 9.89. The van der Waals surface area contributed by atoms with Gasteiger partial charge in [-0.2, -0.15) is 26.3 Å². The molecule has 208 valence electrons. The van der Waals surface area contributed by atoms with Gasteiger partial charge in [0.2, 0.25) is 0 Å². The Kier molecular flexibility index (Phi) is 7.71. The first kappa shape index (κ1) is 28.2. The lowest BCUT2D eigenvalue weighted by Crippen LogP contribution is -2.45. The van der Waals surface area contributed by atoms with E-state index in [9.17, 15) is 35.5 Å². The number of hydrogen-bond donors (Lipinski definition) is 0. The molecule has 0 aliphatic carbocycles. The third-order valence-corrected chi connectivity index (χ3v) is 7.74. The van der Waals surface area contributed by atoms with Crippen molar-refractivity contribution in [3.8, 4) is 0 Å². The summed E-state index contributed by atoms with van der Waals surface area (Å²) in [5, 5.41) is 0. The summed E-state index contributed by atoms with van der Waals surface area (Å²) < 4.78 is 94.3. The molecule has 0 saturated carbocycles. The number of carbonyl (C=O) groups excluding carboxylic acids is 1. The fourth-order valence-corrected chi connectivity index (χ4v) is 5.36. The number of likely N-dealkylation sites (tertiary alicyclic amines) is 2. The van der Waals surface area contributed by atoms with Gasteiger partial charge in [-0.25, -0.2) is 9.18 Å². The molecule has 11 heteroatoms. The zero-order valence-electron chi connectivity index (χ0n) is 21.3. The van der Waals surface area contributed by atoms with Crippen molar-refractivity contribution in [3.05, 3.63) is 70.0 Å². The van der Waals surface area contributed by atoms with E-state index in [2.05, 4.69) is 4.90 Å². The van der Waals surface area contributed by atoms with Crippen LogP contribution in [-0.2, 0) is 12.4 Å². The van der Waals surface area contributed by atoms with Crippen LogP contribution in [0, 0.1) is 18.7 Å². The third-order valence-electron chi connectivity index (χ3n) is 7.74. The molecule has 4 rings (SSSR count). The van der Waals surface area contributed by atoms with Crippen molar-refractivity contribution < 1.29 is 35.5 Å². The van der Waals surface area contributed by atoms with Gasteiger partial charge in [-0.1, -0.05) is 6.07 Å². The SMILES string of the molecule is Cc1cc(F)ccc1[C@@H]1[C@@H](CN2CCC2)CCN1C(=O)N(C)[C@@H](C)c1cc(C(F)(F)F)cc(C(F)(F)F)c1. The van der Waals surface area contributed by atoms with E-state index in [1.54, 1.807) is 17.9 Å². The second-order valence-electron chi connectivity index (χ2n) is 10.3. The zero-order chi connectivity index (χ0) is 28.0. The van der Waals surface area contributed by atoms with Crippen molar-refractivity contribution >= 4 is 6.03 Å². The highest BCUT2D eigenvalue weighted by Gasteiger charge is 2.42. The van der Waals surface area contributed by atoms with E-state index < -0.39 is 47.4 Å². The predicted molar refractivity (Wildman–Crippen MR) is 128 cm³/mol. The van der Waals surface area contributed by atoms with Gasteiger partial charge in [0.15, 0.2) is 0 Å². The number of nitrogens with zero attached hydrogens (tertiary/aromatic N) is 3. The number of urea groups is 1. The van der Waals surface area contributed by atoms with Crippen LogP contribution in [0.5, 0.6) is 0 Å². The normalized spacial score (nSPS) is 21.4. The van der Waals surface area contributed by atoms with E-state index in [0.717, 1.165) is 31.6 Å². The maximum Gasteiger partial charge on any atom is 0.416 e. The van der Waals surface area contributed by atoms with Gasteiger partial charge in [0.25, 0.3) is 0 Å². The van der Waals surface area contributed by atoms with Gasteiger partial charge in [0.1, 0.15) is 5.82 Å². The van der Waals surface area contributed by atoms with Crippen molar-refractivity contribution in [2.24, 2.45) is 5.92 Å². The summed E-state index contributed by atoms with van der Waals surface area (Å²) in [5.74, 6) is -0.352. The molecule has 2 aliphatic rings. The fourth-order valence-electron chi connectivity index (χ4n) is 5.36. The van der Waals surface area contributed by atoms with E-state index in [1.165, 1.54) is 31.0 Å². The van der Waals surface area contributed by atoms with Crippen molar-refractivity contribution in [3.63, 3.8) is 0 Å². The minimum atomic E-state index is -4.98. The summed E-state index contributed by atoms with van der Waals surface area (Å²) in [7, 11) is 1.37. The van der Waals surface area contributed by atoms with Gasteiger partial charge < -0.3 is 14.7 Å². The second kappa shape index (κ2) is 10.4. The number of hydrogen-bond acceptors (Lipinski definition) is 2. The second-order valence-corrected chi connectivity index (χ2v) is 10.3. The Bertz CT molecular complexity index is 1140. The molecule has 3 atom stereocenters. The molecule has 2 aliphatic heterocycles. The molecule has 2 aromatic rings. The first-order chi connectivity index (χ1) is 17.7. The summed E-state index contributed by atoms with van der Waals surface area (Å²) in [6.07, 6.45) is -8.20. The molecule has 2 aromatic carbocycles. The first-order valence-electron chi connectivity index (χ1n) is 12.5. The summed E-state index contributed by atoms with van der Waals surface area (Å²) in [6.45, 7) is 6.17. The highest BCUT2D eigenvalue weighted by atomic mass is 19.4. The summed E-state index contributed by atoms with van der Waals surface area (Å²) >= 11 is 0. The number of rotatable bonds is 5. The number of alkyl halides is 6.